The second-order valence-electron chi connectivity index (χ2n) is 6.73. The van der Waals surface area contributed by atoms with Crippen molar-refractivity contribution in [2.24, 2.45) is 0 Å². The second kappa shape index (κ2) is 7.60. The van der Waals surface area contributed by atoms with Crippen LogP contribution < -0.4 is 4.74 Å². The Morgan fingerprint density at radius 3 is 2.77 bits per heavy atom. The van der Waals surface area contributed by atoms with Gasteiger partial charge >= 0.3 is 0 Å². The molecule has 1 saturated heterocycles. The van der Waals surface area contributed by atoms with Crippen molar-refractivity contribution in [1.29, 1.82) is 0 Å². The maximum atomic E-state index is 12.6. The van der Waals surface area contributed by atoms with Crippen molar-refractivity contribution in [3.8, 4) is 5.88 Å². The van der Waals surface area contributed by atoms with Gasteiger partial charge in [0.05, 0.1) is 0 Å². The summed E-state index contributed by atoms with van der Waals surface area (Å²) in [5.74, 6) is 0.892. The number of benzene rings is 1. The molecule has 0 spiro atoms. The summed E-state index contributed by atoms with van der Waals surface area (Å²) in [5.41, 5.74) is 2.34. The normalized spacial score (nSPS) is 15.3. The van der Waals surface area contributed by atoms with Crippen LogP contribution in [0, 0.1) is 0 Å². The Morgan fingerprint density at radius 2 is 1.96 bits per heavy atom. The van der Waals surface area contributed by atoms with E-state index in [-0.39, 0.29) is 12.0 Å². The first-order valence-electron chi connectivity index (χ1n) is 9.20. The van der Waals surface area contributed by atoms with Crippen molar-refractivity contribution in [1.82, 2.24) is 14.9 Å². The number of aryl methyl sites for hydroxylation is 1. The number of hydrogen-bond donors (Lipinski definition) is 1. The molecule has 3 heterocycles. The second-order valence-corrected chi connectivity index (χ2v) is 6.73. The van der Waals surface area contributed by atoms with Crippen LogP contribution in [0.3, 0.4) is 0 Å². The number of carbonyl (C=O) groups excluding carboxylic acids is 1. The summed E-state index contributed by atoms with van der Waals surface area (Å²) in [6.45, 7) is 1.51. The summed E-state index contributed by atoms with van der Waals surface area (Å²) in [7, 11) is 0. The van der Waals surface area contributed by atoms with Gasteiger partial charge in [-0.2, -0.15) is 0 Å². The fourth-order valence-electron chi connectivity index (χ4n) is 3.55. The number of amides is 1. The van der Waals surface area contributed by atoms with Crippen molar-refractivity contribution in [3.63, 3.8) is 0 Å². The van der Waals surface area contributed by atoms with E-state index < -0.39 is 0 Å². The molecule has 0 atom stereocenters. The van der Waals surface area contributed by atoms with Gasteiger partial charge in [-0.15, -0.1) is 0 Å². The minimum Gasteiger partial charge on any atom is -0.474 e. The molecule has 1 aliphatic rings. The zero-order chi connectivity index (χ0) is 17.8. The number of fused-ring (bicyclic) bond motifs is 1. The van der Waals surface area contributed by atoms with Crippen LogP contribution in [0.2, 0.25) is 0 Å². The molecule has 1 amide bonds. The number of ether oxygens (including phenoxy) is 1. The average Bonchev–Trinajstić information content (AvgIpc) is 3.11. The van der Waals surface area contributed by atoms with Crippen molar-refractivity contribution < 1.29 is 9.53 Å². The van der Waals surface area contributed by atoms with Gasteiger partial charge in [0.2, 0.25) is 11.8 Å². The number of para-hydroxylation sites is 1. The van der Waals surface area contributed by atoms with Crippen molar-refractivity contribution in [3.05, 3.63) is 60.4 Å². The lowest BCUT2D eigenvalue weighted by molar-refractivity contribution is -0.132. The first kappa shape index (κ1) is 16.6. The van der Waals surface area contributed by atoms with Crippen LogP contribution in [0.4, 0.5) is 0 Å². The third-order valence-corrected chi connectivity index (χ3v) is 5.00. The molecule has 0 aliphatic carbocycles. The Kier molecular flexibility index (Phi) is 4.86. The van der Waals surface area contributed by atoms with Crippen LogP contribution in [0.15, 0.2) is 54.9 Å². The molecule has 26 heavy (non-hydrogen) atoms. The number of piperidine rings is 1. The molecule has 5 nitrogen and oxygen atoms in total. The lowest BCUT2D eigenvalue weighted by Gasteiger charge is -2.32. The Balaban J connectivity index is 1.27. The Hall–Kier alpha value is -2.82. The maximum absolute atomic E-state index is 12.6. The number of nitrogens with zero attached hydrogens (tertiary/aromatic N) is 2. The van der Waals surface area contributed by atoms with Crippen LogP contribution in [0.5, 0.6) is 5.88 Å². The van der Waals surface area contributed by atoms with E-state index in [1.165, 1.54) is 10.9 Å². The number of aromatic nitrogens is 2. The quantitative estimate of drug-likeness (QED) is 0.766. The SMILES string of the molecule is O=C(CCc1c[nH]c2ccccc12)N1CCC(Oc2ccccn2)CC1. The van der Waals surface area contributed by atoms with Crippen LogP contribution in [-0.2, 0) is 11.2 Å². The fourth-order valence-corrected chi connectivity index (χ4v) is 3.55. The molecular formula is C21H23N3O2. The molecule has 0 unspecified atom stereocenters. The van der Waals surface area contributed by atoms with Gasteiger partial charge in [-0.05, 0) is 24.1 Å². The molecule has 4 rings (SSSR count). The van der Waals surface area contributed by atoms with Gasteiger partial charge in [0, 0.05) is 61.7 Å². The molecule has 134 valence electrons. The average molecular weight is 349 g/mol. The van der Waals surface area contributed by atoms with Gasteiger partial charge in [-0.25, -0.2) is 4.98 Å². The predicted molar refractivity (Wildman–Crippen MR) is 101 cm³/mol. The van der Waals surface area contributed by atoms with Crippen LogP contribution >= 0.6 is 0 Å². The smallest absolute Gasteiger partial charge is 0.222 e. The van der Waals surface area contributed by atoms with Gasteiger partial charge in [-0.3, -0.25) is 4.79 Å². The third-order valence-electron chi connectivity index (χ3n) is 5.00. The number of H-pyrrole nitrogens is 1. The lowest BCUT2D eigenvalue weighted by Crippen LogP contribution is -2.41. The molecular weight excluding hydrogens is 326 g/mol. The predicted octanol–water partition coefficient (Wildman–Crippen LogP) is 3.57. The van der Waals surface area contributed by atoms with Crippen LogP contribution in [0.25, 0.3) is 10.9 Å². The zero-order valence-electron chi connectivity index (χ0n) is 14.7. The molecule has 0 radical (unpaired) electrons. The van der Waals surface area contributed by atoms with Crippen LogP contribution in [-0.4, -0.2) is 40.0 Å². The van der Waals surface area contributed by atoms with E-state index >= 15 is 0 Å². The number of nitrogens with one attached hydrogen (secondary N) is 1. The lowest BCUT2D eigenvalue weighted by atomic mass is 10.1. The summed E-state index contributed by atoms with van der Waals surface area (Å²) < 4.78 is 5.90. The fraction of sp³-hybridized carbons (Fsp3) is 0.333. The highest BCUT2D eigenvalue weighted by atomic mass is 16.5. The van der Waals surface area contributed by atoms with Gasteiger partial charge in [-0.1, -0.05) is 24.3 Å². The molecule has 1 fully saturated rings. The molecule has 1 aromatic carbocycles. The van der Waals surface area contributed by atoms with E-state index in [1.54, 1.807) is 6.20 Å². The number of rotatable bonds is 5. The summed E-state index contributed by atoms with van der Waals surface area (Å²) in [4.78, 5) is 22.0. The molecule has 1 aliphatic heterocycles. The third kappa shape index (κ3) is 3.72. The molecule has 5 heteroatoms. The minimum atomic E-state index is 0.141. The molecule has 3 aromatic rings. The van der Waals surface area contributed by atoms with Gasteiger partial charge in [0.1, 0.15) is 6.10 Å². The number of hydrogen-bond acceptors (Lipinski definition) is 3. The molecule has 2 aromatic heterocycles. The Morgan fingerprint density at radius 1 is 1.15 bits per heavy atom. The van der Waals surface area contributed by atoms with Crippen molar-refractivity contribution in [2.75, 3.05) is 13.1 Å². The highest BCUT2D eigenvalue weighted by Crippen LogP contribution is 2.21. The first-order chi connectivity index (χ1) is 12.8. The van der Waals surface area contributed by atoms with E-state index in [2.05, 4.69) is 22.1 Å². The Bertz CT molecular complexity index is 867. The monoisotopic (exact) mass is 349 g/mol. The number of pyridine rings is 1. The van der Waals surface area contributed by atoms with Crippen molar-refractivity contribution >= 4 is 16.8 Å². The van der Waals surface area contributed by atoms with E-state index in [4.69, 9.17) is 4.74 Å². The Labute approximate surface area is 153 Å². The van der Waals surface area contributed by atoms with E-state index in [0.29, 0.717) is 12.3 Å². The largest absolute Gasteiger partial charge is 0.474 e. The van der Waals surface area contributed by atoms with Gasteiger partial charge in [0.15, 0.2) is 0 Å². The number of carbonyl (C=O) groups is 1. The summed E-state index contributed by atoms with van der Waals surface area (Å²) >= 11 is 0. The summed E-state index contributed by atoms with van der Waals surface area (Å²) in [6, 6.07) is 13.9. The van der Waals surface area contributed by atoms with Gasteiger partial charge in [0.25, 0.3) is 0 Å². The highest BCUT2D eigenvalue weighted by Gasteiger charge is 2.24. The number of aromatic amines is 1. The summed E-state index contributed by atoms with van der Waals surface area (Å²) in [6.07, 6.45) is 6.93. The molecule has 0 saturated carbocycles. The van der Waals surface area contributed by atoms with E-state index in [9.17, 15) is 4.79 Å². The van der Waals surface area contributed by atoms with E-state index in [0.717, 1.165) is 37.9 Å². The summed E-state index contributed by atoms with van der Waals surface area (Å²) in [5, 5.41) is 1.21. The minimum absolute atomic E-state index is 0.141. The van der Waals surface area contributed by atoms with E-state index in [1.807, 2.05) is 41.4 Å². The van der Waals surface area contributed by atoms with Crippen molar-refractivity contribution in [2.45, 2.75) is 31.8 Å². The topological polar surface area (TPSA) is 58.2 Å². The maximum Gasteiger partial charge on any atom is 0.222 e. The first-order valence-corrected chi connectivity index (χ1v) is 9.20. The zero-order valence-corrected chi connectivity index (χ0v) is 14.7. The number of likely N-dealkylation sites (tertiary alicyclic amines) is 1. The van der Waals surface area contributed by atoms with Crippen LogP contribution in [0.1, 0.15) is 24.8 Å². The highest BCUT2D eigenvalue weighted by molar-refractivity contribution is 5.84. The molecule has 0 bridgehead atoms. The molecule has 1 N–H and O–H groups in total. The standard InChI is InChI=1S/C21H23N3O2/c25-21(9-8-16-15-23-19-6-2-1-5-18(16)19)24-13-10-17(11-14-24)26-20-7-3-4-12-22-20/h1-7,12,15,17,23H,8-11,13-14H2. The van der Waals surface area contributed by atoms with Gasteiger partial charge < -0.3 is 14.6 Å².